The molecule has 196 valence electrons. The summed E-state index contributed by atoms with van der Waals surface area (Å²) < 4.78 is 6.14. The summed E-state index contributed by atoms with van der Waals surface area (Å²) in [5.74, 6) is 6.73. The molecule has 3 aromatic rings. The van der Waals surface area contributed by atoms with Crippen molar-refractivity contribution >= 4 is 16.7 Å². The summed E-state index contributed by atoms with van der Waals surface area (Å²) in [7, 11) is 2.20. The number of ether oxygens (including phenoxy) is 1. The number of hydrogen-bond acceptors (Lipinski definition) is 5. The molecule has 5 rings (SSSR count). The van der Waals surface area contributed by atoms with Gasteiger partial charge < -0.3 is 24.4 Å². The predicted molar refractivity (Wildman–Crippen MR) is 153 cm³/mol. The third-order valence-electron chi connectivity index (χ3n) is 7.74. The summed E-state index contributed by atoms with van der Waals surface area (Å²) >= 11 is 0. The molecule has 2 aromatic heterocycles. The number of piperazine rings is 1. The Morgan fingerprint density at radius 3 is 2.38 bits per heavy atom. The first kappa shape index (κ1) is 25.8. The van der Waals surface area contributed by atoms with Crippen LogP contribution in [0.25, 0.3) is 22.2 Å². The van der Waals surface area contributed by atoms with E-state index in [0.717, 1.165) is 54.9 Å². The predicted octanol–water partition coefficient (Wildman–Crippen LogP) is 4.84. The third kappa shape index (κ3) is 6.01. The van der Waals surface area contributed by atoms with Gasteiger partial charge in [-0.3, -0.25) is 0 Å². The molecule has 0 atom stereocenters. The van der Waals surface area contributed by atoms with Gasteiger partial charge in [-0.25, -0.2) is 4.98 Å². The fraction of sp³-hybridized carbons (Fsp3) is 0.516. The van der Waals surface area contributed by atoms with Crippen LogP contribution < -0.4 is 4.90 Å². The van der Waals surface area contributed by atoms with Gasteiger partial charge in [0.25, 0.3) is 0 Å². The van der Waals surface area contributed by atoms with E-state index in [4.69, 9.17) is 9.72 Å². The van der Waals surface area contributed by atoms with Crippen LogP contribution in [0.5, 0.6) is 0 Å². The second kappa shape index (κ2) is 10.9. The molecule has 0 radical (unpaired) electrons. The minimum Gasteiger partial charge on any atom is -0.369 e. The number of nitrogens with one attached hydrogen (secondary N) is 1. The fourth-order valence-electron chi connectivity index (χ4n) is 5.61. The first-order valence-electron chi connectivity index (χ1n) is 13.7. The number of aromatic nitrogens is 2. The summed E-state index contributed by atoms with van der Waals surface area (Å²) in [5.41, 5.74) is 7.67. The quantitative estimate of drug-likeness (QED) is 0.492. The smallest absolute Gasteiger partial charge is 0.138 e. The maximum Gasteiger partial charge on any atom is 0.138 e. The average molecular weight is 500 g/mol. The number of aromatic amines is 1. The van der Waals surface area contributed by atoms with Crippen molar-refractivity contribution in [3.8, 4) is 23.0 Å². The fourth-order valence-corrected chi connectivity index (χ4v) is 5.61. The van der Waals surface area contributed by atoms with E-state index in [-0.39, 0.29) is 0 Å². The summed E-state index contributed by atoms with van der Waals surface area (Å²) in [6.45, 7) is 17.0. The van der Waals surface area contributed by atoms with Gasteiger partial charge in [0, 0.05) is 61.8 Å². The Balaban J connectivity index is 1.34. The number of aryl methyl sites for hydroxylation is 2. The van der Waals surface area contributed by atoms with E-state index < -0.39 is 5.60 Å². The van der Waals surface area contributed by atoms with Crippen LogP contribution in [0.2, 0.25) is 0 Å². The van der Waals surface area contributed by atoms with Crippen molar-refractivity contribution in [1.29, 1.82) is 0 Å². The van der Waals surface area contributed by atoms with Gasteiger partial charge >= 0.3 is 0 Å². The van der Waals surface area contributed by atoms with E-state index >= 15 is 0 Å². The standard InChI is InChI=1S/C31H41N5O/c1-23-18-26(19-24(2)29(23)36-14-12-34(5)13-15-36)27-20-28-25(21-32-30(28)33-22-27)8-9-31(3,4)37-17-16-35-10-6-7-11-35/h18-22H,6-7,10-17H2,1-5H3,(H,32,33). The second-order valence-electron chi connectivity index (χ2n) is 11.2. The Morgan fingerprint density at radius 1 is 0.973 bits per heavy atom. The third-order valence-corrected chi connectivity index (χ3v) is 7.74. The minimum atomic E-state index is -0.498. The van der Waals surface area contributed by atoms with Crippen molar-refractivity contribution in [2.24, 2.45) is 0 Å². The number of anilines is 1. The zero-order valence-electron chi connectivity index (χ0n) is 23.2. The highest BCUT2D eigenvalue weighted by atomic mass is 16.5. The van der Waals surface area contributed by atoms with Crippen LogP contribution in [-0.4, -0.2) is 84.8 Å². The Hall–Kier alpha value is -2.85. The molecule has 1 N–H and O–H groups in total. The molecule has 0 spiro atoms. The largest absolute Gasteiger partial charge is 0.369 e. The van der Waals surface area contributed by atoms with E-state index in [1.165, 1.54) is 48.3 Å². The SMILES string of the molecule is Cc1cc(-c2cnc3[nH]cc(C#CC(C)(C)OCCN4CCCC4)c3c2)cc(C)c1N1CCN(C)CC1. The zero-order valence-corrected chi connectivity index (χ0v) is 23.2. The molecule has 37 heavy (non-hydrogen) atoms. The van der Waals surface area contributed by atoms with E-state index in [9.17, 15) is 0 Å². The van der Waals surface area contributed by atoms with Gasteiger partial charge in [-0.15, -0.1) is 0 Å². The molecule has 4 heterocycles. The summed E-state index contributed by atoms with van der Waals surface area (Å²) in [5, 5.41) is 1.05. The Labute approximate surface area is 222 Å². The molecule has 2 saturated heterocycles. The molecule has 2 aliphatic rings. The number of hydrogen-bond donors (Lipinski definition) is 1. The van der Waals surface area contributed by atoms with Crippen LogP contribution in [0.15, 0.2) is 30.6 Å². The Morgan fingerprint density at radius 2 is 1.68 bits per heavy atom. The van der Waals surface area contributed by atoms with Gasteiger partial charge in [-0.2, -0.15) is 0 Å². The Kier molecular flexibility index (Phi) is 7.57. The van der Waals surface area contributed by atoms with Crippen LogP contribution in [0.4, 0.5) is 5.69 Å². The van der Waals surface area contributed by atoms with Crippen LogP contribution in [0.3, 0.4) is 0 Å². The molecule has 0 bridgehead atoms. The number of rotatable bonds is 6. The second-order valence-corrected chi connectivity index (χ2v) is 11.2. The van der Waals surface area contributed by atoms with Gasteiger partial charge in [-0.1, -0.05) is 11.8 Å². The summed E-state index contributed by atoms with van der Waals surface area (Å²) in [6, 6.07) is 6.82. The topological polar surface area (TPSA) is 47.6 Å². The first-order valence-corrected chi connectivity index (χ1v) is 13.7. The lowest BCUT2D eigenvalue weighted by molar-refractivity contribution is 0.0167. The van der Waals surface area contributed by atoms with Gasteiger partial charge in [0.2, 0.25) is 0 Å². The maximum atomic E-state index is 6.14. The van der Waals surface area contributed by atoms with Gasteiger partial charge in [0.05, 0.1) is 12.2 Å². The number of fused-ring (bicyclic) bond motifs is 1. The molecule has 1 aromatic carbocycles. The highest BCUT2D eigenvalue weighted by molar-refractivity contribution is 5.87. The number of likely N-dealkylation sites (N-methyl/N-ethyl adjacent to an activating group) is 1. The summed E-state index contributed by atoms with van der Waals surface area (Å²) in [6.07, 6.45) is 6.53. The molecule has 0 saturated carbocycles. The lowest BCUT2D eigenvalue weighted by Crippen LogP contribution is -2.45. The lowest BCUT2D eigenvalue weighted by Gasteiger charge is -2.36. The lowest BCUT2D eigenvalue weighted by atomic mass is 9.98. The number of benzene rings is 1. The molecule has 0 amide bonds. The van der Waals surface area contributed by atoms with Crippen LogP contribution in [0.1, 0.15) is 43.4 Å². The normalized spacial score (nSPS) is 17.4. The molecular weight excluding hydrogens is 458 g/mol. The average Bonchev–Trinajstić information content (AvgIpc) is 3.53. The number of likely N-dealkylation sites (tertiary alicyclic amines) is 1. The monoisotopic (exact) mass is 499 g/mol. The molecule has 0 aliphatic carbocycles. The van der Waals surface area contributed by atoms with Crippen molar-refractivity contribution < 1.29 is 4.74 Å². The first-order chi connectivity index (χ1) is 17.8. The van der Waals surface area contributed by atoms with E-state index in [1.54, 1.807) is 0 Å². The number of H-pyrrole nitrogens is 1. The molecule has 0 unspecified atom stereocenters. The summed E-state index contributed by atoms with van der Waals surface area (Å²) in [4.78, 5) is 15.4. The zero-order chi connectivity index (χ0) is 26.0. The number of pyridine rings is 1. The highest BCUT2D eigenvalue weighted by Gasteiger charge is 2.20. The van der Waals surface area contributed by atoms with Gasteiger partial charge in [-0.05, 0) is 95.6 Å². The van der Waals surface area contributed by atoms with Crippen molar-refractivity contribution in [2.75, 3.05) is 64.4 Å². The van der Waals surface area contributed by atoms with Gasteiger partial charge in [0.15, 0.2) is 0 Å². The number of nitrogens with zero attached hydrogens (tertiary/aromatic N) is 4. The molecular formula is C31H41N5O. The highest BCUT2D eigenvalue weighted by Crippen LogP contribution is 2.33. The molecule has 2 fully saturated rings. The van der Waals surface area contributed by atoms with Crippen LogP contribution >= 0.6 is 0 Å². The maximum absolute atomic E-state index is 6.14. The van der Waals surface area contributed by atoms with Crippen molar-refractivity contribution in [2.45, 2.75) is 46.1 Å². The minimum absolute atomic E-state index is 0.498. The van der Waals surface area contributed by atoms with Gasteiger partial charge in [0.1, 0.15) is 11.2 Å². The van der Waals surface area contributed by atoms with Crippen LogP contribution in [0, 0.1) is 25.7 Å². The van der Waals surface area contributed by atoms with E-state index in [1.807, 2.05) is 12.4 Å². The van der Waals surface area contributed by atoms with Crippen molar-refractivity contribution in [1.82, 2.24) is 19.8 Å². The van der Waals surface area contributed by atoms with E-state index in [2.05, 4.69) is 84.5 Å². The van der Waals surface area contributed by atoms with Crippen molar-refractivity contribution in [3.63, 3.8) is 0 Å². The van der Waals surface area contributed by atoms with E-state index in [0.29, 0.717) is 6.61 Å². The molecule has 2 aliphatic heterocycles. The molecule has 6 nitrogen and oxygen atoms in total. The van der Waals surface area contributed by atoms with Crippen LogP contribution in [-0.2, 0) is 4.74 Å². The van der Waals surface area contributed by atoms with Crippen molar-refractivity contribution in [3.05, 3.63) is 47.3 Å². The Bertz CT molecular complexity index is 1280. The molecule has 6 heteroatoms.